The average Bonchev–Trinajstić information content (AvgIpc) is 2.59. The summed E-state index contributed by atoms with van der Waals surface area (Å²) in [6, 6.07) is 0. The largest absolute Gasteiger partial charge is 0.394 e. The molecule has 2 rings (SSSR count). The van der Waals surface area contributed by atoms with Crippen molar-refractivity contribution in [1.29, 1.82) is 0 Å². The molecule has 2 nitrogen and oxygen atoms in total. The molecule has 0 aromatic rings. The lowest BCUT2D eigenvalue weighted by molar-refractivity contribution is -0.117. The molecule has 2 bridgehead atoms. The monoisotopic (exact) mass is 191 g/mol. The van der Waals surface area contributed by atoms with Crippen molar-refractivity contribution in [2.75, 3.05) is 0 Å². The Morgan fingerprint density at radius 1 is 1.31 bits per heavy atom. The van der Waals surface area contributed by atoms with Crippen molar-refractivity contribution in [3.63, 3.8) is 0 Å². The molecule has 2 aliphatic rings. The van der Waals surface area contributed by atoms with Gasteiger partial charge in [0.05, 0.1) is 0 Å². The number of hydrogen-bond acceptors (Lipinski definition) is 2. The molecule has 0 amide bonds. The Hall–Kier alpha value is -0.643. The molecule has 0 spiro atoms. The van der Waals surface area contributed by atoms with Crippen LogP contribution in [0.1, 0.15) is 13.8 Å². The smallest absolute Gasteiger partial charge is 0.249 e. The summed E-state index contributed by atoms with van der Waals surface area (Å²) < 4.78 is 10.7. The second kappa shape index (κ2) is 2.94. The maximum atomic E-state index is 5.77. The molecule has 0 aromatic heterocycles. The van der Waals surface area contributed by atoms with E-state index < -0.39 is 0 Å². The van der Waals surface area contributed by atoms with E-state index >= 15 is 0 Å². The Morgan fingerprint density at radius 3 is 2.23 bits per heavy atom. The van der Waals surface area contributed by atoms with E-state index in [1.165, 1.54) is 11.1 Å². The van der Waals surface area contributed by atoms with Crippen LogP contribution in [0.15, 0.2) is 35.5 Å². The van der Waals surface area contributed by atoms with Gasteiger partial charge in [-0.25, -0.2) is 0 Å². The number of allylic oxidation sites excluding steroid dienone is 2. The Kier molecular flexibility index (Phi) is 2.02. The van der Waals surface area contributed by atoms with Gasteiger partial charge in [0.25, 0.3) is 0 Å². The maximum absolute atomic E-state index is 5.77. The lowest BCUT2D eigenvalue weighted by Crippen LogP contribution is -2.32. The van der Waals surface area contributed by atoms with E-state index in [4.69, 9.17) is 9.16 Å². The van der Waals surface area contributed by atoms with Crippen LogP contribution in [0.25, 0.3) is 0 Å². The van der Waals surface area contributed by atoms with Gasteiger partial charge >= 0.3 is 0 Å². The molecule has 1 unspecified atom stereocenters. The van der Waals surface area contributed by atoms with Crippen molar-refractivity contribution < 1.29 is 9.16 Å². The number of rotatable bonds is 3. The lowest BCUT2D eigenvalue weighted by atomic mass is 9.99. The average molecular weight is 191 g/mol. The molecule has 0 heterocycles. The van der Waals surface area contributed by atoms with E-state index in [2.05, 4.69) is 41.7 Å². The van der Waals surface area contributed by atoms with Crippen LogP contribution in [0.4, 0.5) is 0 Å². The first kappa shape index (κ1) is 8.93. The zero-order valence-corrected chi connectivity index (χ0v) is 8.70. The van der Waals surface area contributed by atoms with E-state index in [1.54, 1.807) is 0 Å². The highest BCUT2D eigenvalue weighted by Crippen LogP contribution is 2.42. The predicted molar refractivity (Wildman–Crippen MR) is 51.1 cm³/mol. The van der Waals surface area contributed by atoms with Gasteiger partial charge in [-0.3, -0.25) is 0 Å². The summed E-state index contributed by atoms with van der Waals surface area (Å²) >= 11 is 0. The SMILES string of the molecule is CC(O[Si])OC1(C)C2=CC=C1C=C2. The minimum absolute atomic E-state index is 0.258. The molecule has 1 atom stereocenters. The van der Waals surface area contributed by atoms with Crippen LogP contribution in [0.5, 0.6) is 0 Å². The van der Waals surface area contributed by atoms with E-state index in [0.29, 0.717) is 0 Å². The van der Waals surface area contributed by atoms with Gasteiger partial charge in [0, 0.05) is 0 Å². The second-order valence-electron chi connectivity index (χ2n) is 3.41. The van der Waals surface area contributed by atoms with Crippen LogP contribution in [0, 0.1) is 0 Å². The fourth-order valence-corrected chi connectivity index (χ4v) is 1.81. The molecule has 2 aliphatic carbocycles. The zero-order valence-electron chi connectivity index (χ0n) is 7.70. The van der Waals surface area contributed by atoms with Gasteiger partial charge in [-0.2, -0.15) is 0 Å². The first-order valence-electron chi connectivity index (χ1n) is 4.28. The highest BCUT2D eigenvalue weighted by Gasteiger charge is 2.39. The Morgan fingerprint density at radius 2 is 1.85 bits per heavy atom. The summed E-state index contributed by atoms with van der Waals surface area (Å²) in [5.41, 5.74) is 2.09. The third kappa shape index (κ3) is 1.24. The van der Waals surface area contributed by atoms with E-state index in [9.17, 15) is 0 Å². The van der Waals surface area contributed by atoms with Crippen molar-refractivity contribution in [3.05, 3.63) is 35.5 Å². The van der Waals surface area contributed by atoms with E-state index in [0.717, 1.165) is 0 Å². The van der Waals surface area contributed by atoms with Gasteiger partial charge in [0.15, 0.2) is 0 Å². The fourth-order valence-electron chi connectivity index (χ4n) is 1.77. The first-order chi connectivity index (χ1) is 6.16. The Labute approximate surface area is 81.5 Å². The standard InChI is InChI=1S/C10H11O2Si/c1-7(12-13)11-10(2)8-3-4-9(10)6-5-8/h3-7H,1-2H3. The lowest BCUT2D eigenvalue weighted by Gasteiger charge is -2.29. The molecular weight excluding hydrogens is 180 g/mol. The van der Waals surface area contributed by atoms with Crippen LogP contribution >= 0.6 is 0 Å². The summed E-state index contributed by atoms with van der Waals surface area (Å²) in [6.45, 7) is 3.91. The van der Waals surface area contributed by atoms with E-state index in [1.807, 2.05) is 6.92 Å². The number of fused-ring (bicyclic) bond motifs is 2. The van der Waals surface area contributed by atoms with Crippen molar-refractivity contribution in [3.8, 4) is 0 Å². The van der Waals surface area contributed by atoms with Gasteiger partial charge in [0.2, 0.25) is 10.5 Å². The molecule has 0 aromatic carbocycles. The van der Waals surface area contributed by atoms with Gasteiger partial charge in [-0.1, -0.05) is 24.3 Å². The second-order valence-corrected chi connectivity index (χ2v) is 3.65. The van der Waals surface area contributed by atoms with Crippen LogP contribution in [0.2, 0.25) is 0 Å². The van der Waals surface area contributed by atoms with Crippen molar-refractivity contribution in [1.82, 2.24) is 0 Å². The summed E-state index contributed by atoms with van der Waals surface area (Å²) in [5.74, 6) is 0. The maximum Gasteiger partial charge on any atom is 0.249 e. The molecule has 0 fully saturated rings. The molecular formula is C10H11O2Si. The first-order valence-corrected chi connectivity index (χ1v) is 4.69. The normalized spacial score (nSPS) is 24.5. The highest BCUT2D eigenvalue weighted by molar-refractivity contribution is 5.98. The molecule has 3 heteroatoms. The number of hydrogen-bond donors (Lipinski definition) is 0. The van der Waals surface area contributed by atoms with Crippen LogP contribution in [-0.4, -0.2) is 22.4 Å². The third-order valence-corrected chi connectivity index (χ3v) is 2.89. The van der Waals surface area contributed by atoms with Crippen molar-refractivity contribution in [2.24, 2.45) is 0 Å². The zero-order chi connectivity index (χ0) is 9.47. The minimum atomic E-state index is -0.300. The molecule has 0 N–H and O–H groups in total. The Bertz CT molecular complexity index is 293. The quantitative estimate of drug-likeness (QED) is 0.499. The molecule has 13 heavy (non-hydrogen) atoms. The van der Waals surface area contributed by atoms with Crippen molar-refractivity contribution in [2.45, 2.75) is 25.7 Å². The summed E-state index contributed by atoms with van der Waals surface area (Å²) in [5, 5.41) is 0. The van der Waals surface area contributed by atoms with Crippen LogP contribution < -0.4 is 0 Å². The minimum Gasteiger partial charge on any atom is -0.394 e. The van der Waals surface area contributed by atoms with Crippen molar-refractivity contribution >= 4 is 10.5 Å². The van der Waals surface area contributed by atoms with Gasteiger partial charge in [-0.15, -0.1) is 0 Å². The molecule has 0 saturated carbocycles. The topological polar surface area (TPSA) is 18.5 Å². The molecule has 3 radical (unpaired) electrons. The summed E-state index contributed by atoms with van der Waals surface area (Å²) in [6.07, 6.45) is 8.06. The van der Waals surface area contributed by atoms with Crippen LogP contribution in [-0.2, 0) is 9.16 Å². The molecule has 67 valence electrons. The fraction of sp³-hybridized carbons (Fsp3) is 0.400. The Balaban J connectivity index is 2.17. The molecule has 0 aliphatic heterocycles. The predicted octanol–water partition coefficient (Wildman–Crippen LogP) is 1.64. The van der Waals surface area contributed by atoms with Gasteiger partial charge in [-0.05, 0) is 25.0 Å². The summed E-state index contributed by atoms with van der Waals surface area (Å²) in [4.78, 5) is 0. The third-order valence-electron chi connectivity index (χ3n) is 2.55. The molecule has 0 saturated heterocycles. The van der Waals surface area contributed by atoms with Gasteiger partial charge < -0.3 is 9.16 Å². The van der Waals surface area contributed by atoms with Gasteiger partial charge in [0.1, 0.15) is 11.9 Å². The van der Waals surface area contributed by atoms with Crippen LogP contribution in [0.3, 0.4) is 0 Å². The highest BCUT2D eigenvalue weighted by atomic mass is 28.2. The van der Waals surface area contributed by atoms with E-state index in [-0.39, 0.29) is 11.9 Å². The number of ether oxygens (including phenoxy) is 1. The summed E-state index contributed by atoms with van der Waals surface area (Å²) in [7, 11) is 2.97.